The van der Waals surface area contributed by atoms with Crippen molar-refractivity contribution in [3.8, 4) is 0 Å². The lowest BCUT2D eigenvalue weighted by atomic mass is 10.3. The van der Waals surface area contributed by atoms with Gasteiger partial charge in [0.25, 0.3) is 0 Å². The second kappa shape index (κ2) is 12.9. The van der Waals surface area contributed by atoms with E-state index in [9.17, 15) is 9.59 Å². The lowest BCUT2D eigenvalue weighted by Crippen LogP contribution is -2.23. The van der Waals surface area contributed by atoms with Crippen LogP contribution in [0, 0.1) is 0 Å². The van der Waals surface area contributed by atoms with Gasteiger partial charge in [0.1, 0.15) is 0 Å². The Morgan fingerprint density at radius 1 is 0.750 bits per heavy atom. The number of hydrogen-bond acceptors (Lipinski definition) is 4. The molecule has 0 bridgehead atoms. The Bertz CT molecular complexity index is 314. The summed E-state index contributed by atoms with van der Waals surface area (Å²) >= 11 is 0. The van der Waals surface area contributed by atoms with Crippen LogP contribution in [-0.2, 0) is 9.59 Å². The van der Waals surface area contributed by atoms with Crippen molar-refractivity contribution < 1.29 is 19.8 Å². The minimum Gasteiger partial charge on any atom is -0.481 e. The standard InChI is InChI=1S/2C5H11N3O2/c2*6-5(7)8-3-1-2-4(9)10/h2*1-3H2,(H,9,10)(H4,6,7,8). The van der Waals surface area contributed by atoms with Gasteiger partial charge < -0.3 is 33.1 Å². The fourth-order valence-electron chi connectivity index (χ4n) is 0.877. The topological polar surface area (TPSA) is 203 Å². The minimum absolute atomic E-state index is 0.00499. The van der Waals surface area contributed by atoms with Gasteiger partial charge in [-0.15, -0.1) is 0 Å². The third kappa shape index (κ3) is 24.6. The zero-order valence-electron chi connectivity index (χ0n) is 11.2. The summed E-state index contributed by atoms with van der Waals surface area (Å²) in [5.74, 6) is -1.65. The molecule has 0 heterocycles. The molecule has 116 valence electrons. The van der Waals surface area contributed by atoms with Gasteiger partial charge in [-0.2, -0.15) is 0 Å². The molecule has 0 unspecified atom stereocenters. The van der Waals surface area contributed by atoms with E-state index in [4.69, 9.17) is 33.1 Å². The van der Waals surface area contributed by atoms with Gasteiger partial charge in [-0.1, -0.05) is 0 Å². The number of rotatable bonds is 8. The van der Waals surface area contributed by atoms with Gasteiger partial charge in [0, 0.05) is 25.9 Å². The van der Waals surface area contributed by atoms with Gasteiger partial charge in [-0.05, 0) is 12.8 Å². The van der Waals surface area contributed by atoms with Gasteiger partial charge >= 0.3 is 11.9 Å². The fraction of sp³-hybridized carbons (Fsp3) is 0.600. The normalized spacial score (nSPS) is 8.80. The van der Waals surface area contributed by atoms with E-state index in [-0.39, 0.29) is 24.8 Å². The highest BCUT2D eigenvalue weighted by Gasteiger charge is 1.94. The van der Waals surface area contributed by atoms with Crippen LogP contribution in [0.4, 0.5) is 0 Å². The molecule has 20 heavy (non-hydrogen) atoms. The van der Waals surface area contributed by atoms with Crippen LogP contribution in [0.2, 0.25) is 0 Å². The van der Waals surface area contributed by atoms with E-state index in [1.54, 1.807) is 0 Å². The highest BCUT2D eigenvalue weighted by Crippen LogP contribution is 1.88. The summed E-state index contributed by atoms with van der Waals surface area (Å²) in [6, 6.07) is 0. The van der Waals surface area contributed by atoms with Crippen molar-refractivity contribution in [2.24, 2.45) is 32.9 Å². The maximum atomic E-state index is 9.93. The third-order valence-electron chi connectivity index (χ3n) is 1.69. The first-order valence-corrected chi connectivity index (χ1v) is 5.80. The van der Waals surface area contributed by atoms with Crippen molar-refractivity contribution in [2.75, 3.05) is 13.1 Å². The van der Waals surface area contributed by atoms with Gasteiger partial charge in [0.15, 0.2) is 11.9 Å². The van der Waals surface area contributed by atoms with Crippen molar-refractivity contribution in [3.05, 3.63) is 0 Å². The summed E-state index contributed by atoms with van der Waals surface area (Å²) < 4.78 is 0. The summed E-state index contributed by atoms with van der Waals surface area (Å²) in [4.78, 5) is 27.1. The SMILES string of the molecule is NC(N)=NCCCC(=O)O.NC(N)=NCCCC(=O)O. The van der Waals surface area contributed by atoms with E-state index in [2.05, 4.69) is 9.98 Å². The van der Waals surface area contributed by atoms with E-state index in [1.165, 1.54) is 0 Å². The monoisotopic (exact) mass is 290 g/mol. The molecular weight excluding hydrogens is 268 g/mol. The van der Waals surface area contributed by atoms with Crippen LogP contribution in [0.25, 0.3) is 0 Å². The first-order chi connectivity index (χ1) is 9.25. The molecule has 10 heteroatoms. The van der Waals surface area contributed by atoms with Crippen LogP contribution < -0.4 is 22.9 Å². The van der Waals surface area contributed by atoms with E-state index in [0.717, 1.165) is 0 Å². The number of guanidine groups is 2. The molecule has 0 saturated carbocycles. The molecule has 0 amide bonds. The second-order valence-corrected chi connectivity index (χ2v) is 3.61. The fourth-order valence-corrected chi connectivity index (χ4v) is 0.877. The third-order valence-corrected chi connectivity index (χ3v) is 1.69. The average molecular weight is 290 g/mol. The van der Waals surface area contributed by atoms with Crippen LogP contribution in [0.3, 0.4) is 0 Å². The number of carboxylic acid groups (broad SMARTS) is 2. The molecule has 0 aromatic heterocycles. The Labute approximate surface area is 116 Å². The molecule has 0 aromatic carbocycles. The molecule has 10 N–H and O–H groups in total. The number of carbonyl (C=O) groups is 2. The van der Waals surface area contributed by atoms with E-state index in [1.807, 2.05) is 0 Å². The van der Waals surface area contributed by atoms with Gasteiger partial charge in [0.05, 0.1) is 0 Å². The van der Waals surface area contributed by atoms with E-state index >= 15 is 0 Å². The number of nitrogens with zero attached hydrogens (tertiary/aromatic N) is 2. The quantitative estimate of drug-likeness (QED) is 0.171. The van der Waals surface area contributed by atoms with E-state index in [0.29, 0.717) is 25.9 Å². The average Bonchev–Trinajstić information content (AvgIpc) is 2.30. The molecule has 0 radical (unpaired) electrons. The van der Waals surface area contributed by atoms with E-state index < -0.39 is 11.9 Å². The number of aliphatic carboxylic acids is 2. The zero-order chi connectivity index (χ0) is 16.0. The van der Waals surface area contributed by atoms with Gasteiger partial charge in [0.2, 0.25) is 0 Å². The lowest BCUT2D eigenvalue weighted by molar-refractivity contribution is -0.138. The lowest BCUT2D eigenvalue weighted by Gasteiger charge is -1.91. The molecule has 0 atom stereocenters. The van der Waals surface area contributed by atoms with Crippen molar-refractivity contribution >= 4 is 23.9 Å². The molecule has 0 aliphatic rings. The second-order valence-electron chi connectivity index (χ2n) is 3.61. The molecule has 0 spiro atoms. The molecule has 0 aromatic rings. The minimum atomic E-state index is -0.828. The largest absolute Gasteiger partial charge is 0.481 e. The molecule has 0 rings (SSSR count). The Morgan fingerprint density at radius 3 is 1.25 bits per heavy atom. The zero-order valence-corrected chi connectivity index (χ0v) is 11.2. The first-order valence-electron chi connectivity index (χ1n) is 5.80. The predicted molar refractivity (Wildman–Crippen MR) is 75.1 cm³/mol. The molecule has 0 aliphatic heterocycles. The summed E-state index contributed by atoms with van der Waals surface area (Å²) in [6.07, 6.45) is 1.17. The van der Waals surface area contributed by atoms with Crippen LogP contribution in [0.5, 0.6) is 0 Å². The van der Waals surface area contributed by atoms with Crippen LogP contribution in [0.1, 0.15) is 25.7 Å². The van der Waals surface area contributed by atoms with Crippen molar-refractivity contribution in [2.45, 2.75) is 25.7 Å². The first kappa shape index (κ1) is 19.8. The number of carboxylic acids is 2. The molecule has 0 fully saturated rings. The van der Waals surface area contributed by atoms with Crippen LogP contribution in [0.15, 0.2) is 9.98 Å². The van der Waals surface area contributed by atoms with Gasteiger partial charge in [-0.25, -0.2) is 0 Å². The van der Waals surface area contributed by atoms with Crippen molar-refractivity contribution in [3.63, 3.8) is 0 Å². The van der Waals surface area contributed by atoms with Gasteiger partial charge in [-0.3, -0.25) is 19.6 Å². The Balaban J connectivity index is 0. The highest BCUT2D eigenvalue weighted by atomic mass is 16.4. The summed E-state index contributed by atoms with van der Waals surface area (Å²) in [6.45, 7) is 0.767. The predicted octanol–water partition coefficient (Wildman–Crippen LogP) is -1.75. The Hall–Kier alpha value is -2.52. The number of aliphatic imine (C=N–C) groups is 2. The van der Waals surface area contributed by atoms with Crippen LogP contribution in [-0.4, -0.2) is 47.2 Å². The molecule has 0 saturated heterocycles. The van der Waals surface area contributed by atoms with Crippen molar-refractivity contribution in [1.29, 1.82) is 0 Å². The summed E-state index contributed by atoms with van der Waals surface area (Å²) in [5, 5.41) is 16.3. The van der Waals surface area contributed by atoms with Crippen LogP contribution >= 0.6 is 0 Å². The molecule has 10 nitrogen and oxygen atoms in total. The summed E-state index contributed by atoms with van der Waals surface area (Å²) in [7, 11) is 0. The number of hydrogen-bond donors (Lipinski definition) is 6. The Kier molecular flexibility index (Phi) is 12.8. The summed E-state index contributed by atoms with van der Waals surface area (Å²) in [5.41, 5.74) is 20.0. The maximum absolute atomic E-state index is 9.93. The Morgan fingerprint density at radius 2 is 1.05 bits per heavy atom. The highest BCUT2D eigenvalue weighted by molar-refractivity contribution is 5.76. The molecular formula is C10H22N6O4. The maximum Gasteiger partial charge on any atom is 0.303 e. The molecule has 0 aliphatic carbocycles. The number of nitrogens with two attached hydrogens (primary N) is 4. The smallest absolute Gasteiger partial charge is 0.303 e. The van der Waals surface area contributed by atoms with Crippen molar-refractivity contribution in [1.82, 2.24) is 0 Å².